The first-order valence-electron chi connectivity index (χ1n) is 11.7. The average Bonchev–Trinajstić information content (AvgIpc) is 2.85. The van der Waals surface area contributed by atoms with Crippen molar-refractivity contribution in [3.8, 4) is 0 Å². The first-order valence-corrected chi connectivity index (χ1v) is 13.6. The maximum atomic E-state index is 13.6. The number of carbonyl (C=O) groups excluding carboxylic acids is 1. The first kappa shape index (κ1) is 28.6. The summed E-state index contributed by atoms with van der Waals surface area (Å²) in [7, 11) is -2.10. The molecule has 3 aromatic rings. The number of alkyl carbamates (subject to hydrolysis) is 1. The van der Waals surface area contributed by atoms with Crippen LogP contribution in [-0.4, -0.2) is 48.4 Å². The summed E-state index contributed by atoms with van der Waals surface area (Å²) in [6.45, 7) is 5.06. The fourth-order valence-electron chi connectivity index (χ4n) is 3.23. The Hall–Kier alpha value is -4.00. The van der Waals surface area contributed by atoms with Crippen molar-refractivity contribution in [3.63, 3.8) is 0 Å². The number of hydrogen-bond acceptors (Lipinski definition) is 9. The smallest absolute Gasteiger partial charge is 0.407 e. The maximum absolute atomic E-state index is 13.6. The molecule has 0 aliphatic carbocycles. The van der Waals surface area contributed by atoms with Crippen molar-refractivity contribution in [3.05, 3.63) is 65.5 Å². The highest BCUT2D eigenvalue weighted by Crippen LogP contribution is 2.23. The third-order valence-corrected chi connectivity index (χ3v) is 6.33. The molecule has 1 amide bonds. The van der Waals surface area contributed by atoms with Crippen LogP contribution in [-0.2, 0) is 34.5 Å². The summed E-state index contributed by atoms with van der Waals surface area (Å²) in [4.78, 5) is 24.6. The van der Waals surface area contributed by atoms with E-state index in [1.54, 1.807) is 45.0 Å². The summed E-state index contributed by atoms with van der Waals surface area (Å²) in [6.07, 6.45) is 3.47. The van der Waals surface area contributed by atoms with Gasteiger partial charge in [0.05, 0.1) is 6.26 Å². The van der Waals surface area contributed by atoms with E-state index in [0.717, 1.165) is 16.1 Å². The zero-order chi connectivity index (χ0) is 27.9. The van der Waals surface area contributed by atoms with Crippen molar-refractivity contribution in [2.75, 3.05) is 28.2 Å². The molecule has 2 heterocycles. The van der Waals surface area contributed by atoms with E-state index < -0.39 is 28.4 Å². The van der Waals surface area contributed by atoms with E-state index in [9.17, 15) is 17.6 Å². The number of carbonyl (C=O) groups is 1. The number of amides is 1. The van der Waals surface area contributed by atoms with Crippen LogP contribution in [0.25, 0.3) is 0 Å². The largest absolute Gasteiger partial charge is 0.444 e. The van der Waals surface area contributed by atoms with Crippen molar-refractivity contribution in [2.45, 2.75) is 46.1 Å². The van der Waals surface area contributed by atoms with Crippen LogP contribution in [0.3, 0.4) is 0 Å². The van der Waals surface area contributed by atoms with Gasteiger partial charge in [-0.25, -0.2) is 27.6 Å². The lowest BCUT2D eigenvalue weighted by Crippen LogP contribution is -2.32. The standard InChI is InChI=1S/C25H32FN7O4S/c1-25(2,3)37-24(34)30-14-17-8-10-20(11-9-17)31-23-29-16-19(13-26)21(32-23)28-15-18-7-6-12-27-22(18)33(4)38(5,35)36/h6-12,16H,13-15H2,1-5H3,(H,30,34)(H2,28,29,31,32). The topological polar surface area (TPSA) is 138 Å². The van der Waals surface area contributed by atoms with Gasteiger partial charge in [-0.05, 0) is 44.5 Å². The molecule has 0 aliphatic rings. The molecule has 0 atom stereocenters. The number of nitrogens with one attached hydrogen (secondary N) is 3. The fraction of sp³-hybridized carbons (Fsp3) is 0.360. The molecule has 13 heteroatoms. The van der Waals surface area contributed by atoms with Crippen LogP contribution in [0.5, 0.6) is 0 Å². The zero-order valence-electron chi connectivity index (χ0n) is 21.9. The Kier molecular flexibility index (Phi) is 9.04. The Morgan fingerprint density at radius 3 is 2.42 bits per heavy atom. The molecule has 0 aliphatic heterocycles. The Morgan fingerprint density at radius 2 is 1.79 bits per heavy atom. The summed E-state index contributed by atoms with van der Waals surface area (Å²) >= 11 is 0. The van der Waals surface area contributed by atoms with Crippen LogP contribution < -0.4 is 20.3 Å². The molecule has 0 radical (unpaired) electrons. The second-order valence-electron chi connectivity index (χ2n) is 9.45. The summed E-state index contributed by atoms with van der Waals surface area (Å²) < 4.78 is 43.9. The van der Waals surface area contributed by atoms with Crippen molar-refractivity contribution < 1.29 is 22.3 Å². The quantitative estimate of drug-likeness (QED) is 0.343. The number of rotatable bonds is 10. The molecule has 0 saturated heterocycles. The summed E-state index contributed by atoms with van der Waals surface area (Å²) in [5.74, 6) is 0.766. The average molecular weight is 546 g/mol. The highest BCUT2D eigenvalue weighted by Gasteiger charge is 2.18. The van der Waals surface area contributed by atoms with Gasteiger partial charge in [0, 0.05) is 49.3 Å². The molecule has 0 bridgehead atoms. The van der Waals surface area contributed by atoms with Crippen LogP contribution in [0.4, 0.5) is 32.5 Å². The van der Waals surface area contributed by atoms with Gasteiger partial charge in [0.2, 0.25) is 16.0 Å². The van der Waals surface area contributed by atoms with E-state index in [0.29, 0.717) is 17.8 Å². The molecule has 0 saturated carbocycles. The van der Waals surface area contributed by atoms with Gasteiger partial charge >= 0.3 is 6.09 Å². The number of alkyl halides is 1. The summed E-state index contributed by atoms with van der Waals surface area (Å²) in [5.41, 5.74) is 1.82. The molecule has 3 rings (SSSR count). The number of ether oxygens (including phenoxy) is 1. The fourth-order valence-corrected chi connectivity index (χ4v) is 3.71. The van der Waals surface area contributed by atoms with E-state index in [2.05, 4.69) is 30.9 Å². The second-order valence-corrected chi connectivity index (χ2v) is 11.5. The minimum Gasteiger partial charge on any atom is -0.444 e. The van der Waals surface area contributed by atoms with Crippen LogP contribution in [0.1, 0.15) is 37.5 Å². The predicted molar refractivity (Wildman–Crippen MR) is 144 cm³/mol. The number of halogens is 1. The number of benzene rings is 1. The molecule has 1 aromatic carbocycles. The maximum Gasteiger partial charge on any atom is 0.407 e. The van der Waals surface area contributed by atoms with E-state index in [1.807, 2.05) is 12.1 Å². The lowest BCUT2D eigenvalue weighted by atomic mass is 10.2. The molecule has 11 nitrogen and oxygen atoms in total. The minimum absolute atomic E-state index is 0.159. The second kappa shape index (κ2) is 12.0. The molecule has 0 spiro atoms. The molecule has 3 N–H and O–H groups in total. The Bertz CT molecular complexity index is 1360. The van der Waals surface area contributed by atoms with Gasteiger partial charge < -0.3 is 20.7 Å². The number of pyridine rings is 1. The Labute approximate surface area is 221 Å². The van der Waals surface area contributed by atoms with Crippen molar-refractivity contribution in [1.29, 1.82) is 0 Å². The summed E-state index contributed by atoms with van der Waals surface area (Å²) in [6, 6.07) is 10.7. The van der Waals surface area contributed by atoms with Gasteiger partial charge in [-0.1, -0.05) is 18.2 Å². The monoisotopic (exact) mass is 545 g/mol. The number of aromatic nitrogens is 3. The lowest BCUT2D eigenvalue weighted by Gasteiger charge is -2.19. The van der Waals surface area contributed by atoms with E-state index in [-0.39, 0.29) is 29.7 Å². The van der Waals surface area contributed by atoms with Crippen molar-refractivity contribution >= 4 is 39.4 Å². The third kappa shape index (κ3) is 8.26. The third-order valence-electron chi connectivity index (χ3n) is 5.16. The first-order chi connectivity index (χ1) is 17.9. The Morgan fingerprint density at radius 1 is 1.08 bits per heavy atom. The van der Waals surface area contributed by atoms with Crippen LogP contribution >= 0.6 is 0 Å². The minimum atomic E-state index is -3.51. The SMILES string of the molecule is CN(c1ncccc1CNc1nc(Nc2ccc(CNC(=O)OC(C)(C)C)cc2)ncc1CF)S(C)(=O)=O. The van der Waals surface area contributed by atoms with Gasteiger partial charge in [0.1, 0.15) is 23.9 Å². The van der Waals surface area contributed by atoms with Crippen molar-refractivity contribution in [1.82, 2.24) is 20.3 Å². The van der Waals surface area contributed by atoms with E-state index in [1.165, 1.54) is 19.4 Å². The number of anilines is 4. The van der Waals surface area contributed by atoms with Gasteiger partial charge in [0.25, 0.3) is 0 Å². The lowest BCUT2D eigenvalue weighted by molar-refractivity contribution is 0.0523. The number of hydrogen-bond donors (Lipinski definition) is 3. The van der Waals surface area contributed by atoms with E-state index in [4.69, 9.17) is 4.74 Å². The van der Waals surface area contributed by atoms with Gasteiger partial charge in [-0.2, -0.15) is 4.98 Å². The van der Waals surface area contributed by atoms with Gasteiger partial charge in [0.15, 0.2) is 0 Å². The number of sulfonamides is 1. The molecular formula is C25H32FN7O4S. The predicted octanol–water partition coefficient (Wildman–Crippen LogP) is 4.12. The van der Waals surface area contributed by atoms with Crippen LogP contribution in [0, 0.1) is 0 Å². The number of nitrogens with zero attached hydrogens (tertiary/aromatic N) is 4. The zero-order valence-corrected chi connectivity index (χ0v) is 22.8. The molecule has 0 unspecified atom stereocenters. The molecule has 2 aromatic heterocycles. The van der Waals surface area contributed by atoms with Gasteiger partial charge in [-0.3, -0.25) is 4.31 Å². The van der Waals surface area contributed by atoms with Crippen molar-refractivity contribution in [2.24, 2.45) is 0 Å². The van der Waals surface area contributed by atoms with E-state index >= 15 is 0 Å². The summed E-state index contributed by atoms with van der Waals surface area (Å²) in [5, 5.41) is 8.83. The Balaban J connectivity index is 1.68. The molecule has 38 heavy (non-hydrogen) atoms. The van der Waals surface area contributed by atoms with Crippen LogP contribution in [0.15, 0.2) is 48.8 Å². The van der Waals surface area contributed by atoms with Crippen LogP contribution in [0.2, 0.25) is 0 Å². The normalized spacial score (nSPS) is 11.5. The molecule has 204 valence electrons. The highest BCUT2D eigenvalue weighted by molar-refractivity contribution is 7.92. The molecule has 0 fully saturated rings. The molecular weight excluding hydrogens is 513 g/mol. The highest BCUT2D eigenvalue weighted by atomic mass is 32.2. The van der Waals surface area contributed by atoms with Gasteiger partial charge in [-0.15, -0.1) is 0 Å².